The van der Waals surface area contributed by atoms with E-state index in [0.717, 1.165) is 12.1 Å². The number of hydrogen-bond acceptors (Lipinski definition) is 4. The summed E-state index contributed by atoms with van der Waals surface area (Å²) in [4.78, 5) is 14.8. The molecule has 4 nitrogen and oxygen atoms in total. The number of nitrogens with zero attached hydrogens (tertiary/aromatic N) is 1. The van der Waals surface area contributed by atoms with E-state index in [0.29, 0.717) is 6.20 Å². The Bertz CT molecular complexity index is 435. The molecule has 0 fully saturated rings. The molecule has 0 aliphatic rings. The van der Waals surface area contributed by atoms with Gasteiger partial charge in [-0.05, 0) is 26.8 Å². The number of hydrogen-bond donors (Lipinski definition) is 0. The largest absolute Gasteiger partial charge is 0.466 e. The monoisotopic (exact) mass is 277 g/mol. The fourth-order valence-electron chi connectivity index (χ4n) is 1.14. The molecule has 1 aromatic heterocycles. The predicted octanol–water partition coefficient (Wildman–Crippen LogP) is 2.82. The fraction of sp³-hybridized carbons (Fsp3) is 0.500. The summed E-state index contributed by atoms with van der Waals surface area (Å²) >= 11 is 0. The Balaban J connectivity index is 2.53. The summed E-state index contributed by atoms with van der Waals surface area (Å²) in [6.07, 6.45) is -3.80. The molecule has 0 bridgehead atoms. The first-order chi connectivity index (χ1) is 8.58. The van der Waals surface area contributed by atoms with Crippen molar-refractivity contribution in [2.24, 2.45) is 0 Å². The molecular weight excluding hydrogens is 263 g/mol. The van der Waals surface area contributed by atoms with Gasteiger partial charge in [0.2, 0.25) is 5.88 Å². The van der Waals surface area contributed by atoms with Gasteiger partial charge in [0.1, 0.15) is 5.60 Å². The highest BCUT2D eigenvalue weighted by atomic mass is 19.4. The molecule has 0 aliphatic carbocycles. The van der Waals surface area contributed by atoms with Crippen LogP contribution < -0.4 is 4.74 Å². The van der Waals surface area contributed by atoms with Crippen molar-refractivity contribution in [2.75, 3.05) is 6.61 Å². The smallest absolute Gasteiger partial charge is 0.417 e. The minimum atomic E-state index is -4.45. The highest BCUT2D eigenvalue weighted by Crippen LogP contribution is 2.29. The Morgan fingerprint density at radius 2 is 1.89 bits per heavy atom. The lowest BCUT2D eigenvalue weighted by Gasteiger charge is -2.19. The quantitative estimate of drug-likeness (QED) is 0.797. The van der Waals surface area contributed by atoms with Crippen LogP contribution in [0.3, 0.4) is 0 Å². The molecule has 0 aromatic carbocycles. The molecule has 106 valence electrons. The number of carbonyl (C=O) groups is 1. The van der Waals surface area contributed by atoms with E-state index < -0.39 is 29.9 Å². The molecular formula is C12H14F3NO3. The standard InChI is InChI=1S/C12H14F3NO3/c1-11(2,3)19-10(17)7-18-9-5-4-8(6-16-9)12(13,14)15/h4-6H,7H2,1-3H3. The Labute approximate surface area is 108 Å². The molecule has 0 saturated carbocycles. The SMILES string of the molecule is CC(C)(C)OC(=O)COc1ccc(C(F)(F)F)cn1. The zero-order valence-corrected chi connectivity index (χ0v) is 10.7. The van der Waals surface area contributed by atoms with Gasteiger partial charge in [-0.3, -0.25) is 0 Å². The lowest BCUT2D eigenvalue weighted by atomic mass is 10.2. The summed E-state index contributed by atoms with van der Waals surface area (Å²) < 4.78 is 46.7. The number of esters is 1. The fourth-order valence-corrected chi connectivity index (χ4v) is 1.14. The molecule has 0 saturated heterocycles. The summed E-state index contributed by atoms with van der Waals surface area (Å²) in [6.45, 7) is 4.68. The van der Waals surface area contributed by atoms with Gasteiger partial charge in [-0.15, -0.1) is 0 Å². The van der Waals surface area contributed by atoms with Crippen molar-refractivity contribution in [1.82, 2.24) is 4.98 Å². The van der Waals surface area contributed by atoms with Crippen molar-refractivity contribution >= 4 is 5.97 Å². The maximum atomic E-state index is 12.3. The lowest BCUT2D eigenvalue weighted by molar-refractivity contribution is -0.157. The molecule has 0 atom stereocenters. The summed E-state index contributed by atoms with van der Waals surface area (Å²) in [5.74, 6) is -0.687. The van der Waals surface area contributed by atoms with E-state index in [-0.39, 0.29) is 5.88 Å². The highest BCUT2D eigenvalue weighted by Gasteiger charge is 2.30. The van der Waals surface area contributed by atoms with Gasteiger partial charge in [0.25, 0.3) is 0 Å². The van der Waals surface area contributed by atoms with E-state index >= 15 is 0 Å². The van der Waals surface area contributed by atoms with Crippen molar-refractivity contribution in [3.63, 3.8) is 0 Å². The van der Waals surface area contributed by atoms with Gasteiger partial charge in [0.15, 0.2) is 6.61 Å². The van der Waals surface area contributed by atoms with Crippen molar-refractivity contribution in [3.8, 4) is 5.88 Å². The van der Waals surface area contributed by atoms with Gasteiger partial charge in [-0.2, -0.15) is 13.2 Å². The number of alkyl halides is 3. The molecule has 7 heteroatoms. The zero-order valence-electron chi connectivity index (χ0n) is 10.7. The maximum Gasteiger partial charge on any atom is 0.417 e. The van der Waals surface area contributed by atoms with Crippen molar-refractivity contribution in [1.29, 1.82) is 0 Å². The minimum absolute atomic E-state index is 0.0705. The van der Waals surface area contributed by atoms with E-state index in [9.17, 15) is 18.0 Å². The van der Waals surface area contributed by atoms with Crippen LogP contribution in [0.5, 0.6) is 5.88 Å². The van der Waals surface area contributed by atoms with Crippen LogP contribution >= 0.6 is 0 Å². The molecule has 0 radical (unpaired) electrons. The number of ether oxygens (including phenoxy) is 2. The Hall–Kier alpha value is -1.79. The van der Waals surface area contributed by atoms with E-state index in [1.54, 1.807) is 20.8 Å². The molecule has 0 spiro atoms. The van der Waals surface area contributed by atoms with E-state index in [1.165, 1.54) is 0 Å². The average Bonchev–Trinajstić information content (AvgIpc) is 2.23. The number of carbonyl (C=O) groups excluding carboxylic acids is 1. The third kappa shape index (κ3) is 5.58. The van der Waals surface area contributed by atoms with Gasteiger partial charge >= 0.3 is 12.1 Å². The number of aromatic nitrogens is 1. The van der Waals surface area contributed by atoms with E-state index in [1.807, 2.05) is 0 Å². The van der Waals surface area contributed by atoms with Crippen LogP contribution in [0.2, 0.25) is 0 Å². The van der Waals surface area contributed by atoms with Gasteiger partial charge in [-0.1, -0.05) is 0 Å². The zero-order chi connectivity index (χ0) is 14.7. The third-order valence-electron chi connectivity index (χ3n) is 1.82. The van der Waals surface area contributed by atoms with Gasteiger partial charge in [0.05, 0.1) is 5.56 Å². The minimum Gasteiger partial charge on any atom is -0.466 e. The van der Waals surface area contributed by atoms with E-state index in [4.69, 9.17) is 9.47 Å². The summed E-state index contributed by atoms with van der Waals surface area (Å²) in [5.41, 5.74) is -1.52. The van der Waals surface area contributed by atoms with Crippen LogP contribution in [0.4, 0.5) is 13.2 Å². The molecule has 0 aliphatic heterocycles. The third-order valence-corrected chi connectivity index (χ3v) is 1.82. The lowest BCUT2D eigenvalue weighted by Crippen LogP contribution is -2.27. The predicted molar refractivity (Wildman–Crippen MR) is 60.6 cm³/mol. The molecule has 19 heavy (non-hydrogen) atoms. The Kier molecular flexibility index (Phi) is 4.39. The van der Waals surface area contributed by atoms with E-state index in [2.05, 4.69) is 4.98 Å². The maximum absolute atomic E-state index is 12.3. The van der Waals surface area contributed by atoms with Crippen LogP contribution in [0.1, 0.15) is 26.3 Å². The van der Waals surface area contributed by atoms with Crippen LogP contribution in [0.15, 0.2) is 18.3 Å². The van der Waals surface area contributed by atoms with Crippen LogP contribution in [0, 0.1) is 0 Å². The van der Waals surface area contributed by atoms with Gasteiger partial charge in [-0.25, -0.2) is 9.78 Å². The molecule has 0 amide bonds. The first-order valence-corrected chi connectivity index (χ1v) is 5.46. The van der Waals surface area contributed by atoms with Crippen LogP contribution in [-0.4, -0.2) is 23.2 Å². The van der Waals surface area contributed by atoms with Crippen LogP contribution in [-0.2, 0) is 15.7 Å². The number of rotatable bonds is 3. The first kappa shape index (κ1) is 15.3. The molecule has 0 unspecified atom stereocenters. The first-order valence-electron chi connectivity index (χ1n) is 5.46. The van der Waals surface area contributed by atoms with Gasteiger partial charge < -0.3 is 9.47 Å². The van der Waals surface area contributed by atoms with Crippen molar-refractivity contribution in [3.05, 3.63) is 23.9 Å². The summed E-state index contributed by atoms with van der Waals surface area (Å²) in [7, 11) is 0. The Morgan fingerprint density at radius 3 is 2.32 bits per heavy atom. The number of halogens is 3. The van der Waals surface area contributed by atoms with Gasteiger partial charge in [0, 0.05) is 12.3 Å². The second-order valence-electron chi connectivity index (χ2n) is 4.76. The topological polar surface area (TPSA) is 48.4 Å². The summed E-state index contributed by atoms with van der Waals surface area (Å²) in [5, 5.41) is 0. The molecule has 0 N–H and O–H groups in total. The summed E-state index contributed by atoms with van der Waals surface area (Å²) in [6, 6.07) is 1.88. The molecule has 1 aromatic rings. The second kappa shape index (κ2) is 5.46. The molecule has 1 rings (SSSR count). The molecule has 1 heterocycles. The average molecular weight is 277 g/mol. The second-order valence-corrected chi connectivity index (χ2v) is 4.76. The Morgan fingerprint density at radius 1 is 1.26 bits per heavy atom. The van der Waals surface area contributed by atoms with Crippen molar-refractivity contribution < 1.29 is 27.4 Å². The normalized spacial score (nSPS) is 12.1. The number of pyridine rings is 1. The van der Waals surface area contributed by atoms with Crippen LogP contribution in [0.25, 0.3) is 0 Å². The van der Waals surface area contributed by atoms with Crippen molar-refractivity contribution in [2.45, 2.75) is 32.5 Å². The highest BCUT2D eigenvalue weighted by molar-refractivity contribution is 5.71.